The molecule has 2 aromatic rings. The molecule has 130 valence electrons. The first-order valence-corrected chi connectivity index (χ1v) is 7.42. The standard InChI is InChI=1S/C18H15F3N2O2/c1-25-14-5-2-11(3-6-14)15-9-12-8-13(18(19,20)21)4-7-16(12)23(22)10-17(15)24/h2-9H,10,22H2,1H3. The highest BCUT2D eigenvalue weighted by molar-refractivity contribution is 6.27. The number of fused-ring (bicyclic) bond motifs is 1. The molecule has 1 heterocycles. The van der Waals surface area contributed by atoms with Crippen molar-refractivity contribution in [3.05, 3.63) is 59.2 Å². The summed E-state index contributed by atoms with van der Waals surface area (Å²) < 4.78 is 44.0. The summed E-state index contributed by atoms with van der Waals surface area (Å²) in [5, 5.41) is 1.16. The molecule has 0 radical (unpaired) electrons. The van der Waals surface area contributed by atoms with E-state index < -0.39 is 11.7 Å². The van der Waals surface area contributed by atoms with E-state index in [1.54, 1.807) is 24.3 Å². The van der Waals surface area contributed by atoms with Gasteiger partial charge in [0.2, 0.25) is 0 Å². The van der Waals surface area contributed by atoms with Gasteiger partial charge in [-0.2, -0.15) is 13.2 Å². The summed E-state index contributed by atoms with van der Waals surface area (Å²) in [5.74, 6) is 6.20. The Bertz CT molecular complexity index is 842. The van der Waals surface area contributed by atoms with Crippen molar-refractivity contribution in [1.29, 1.82) is 0 Å². The smallest absolute Gasteiger partial charge is 0.416 e. The highest BCUT2D eigenvalue weighted by Crippen LogP contribution is 2.35. The van der Waals surface area contributed by atoms with E-state index in [-0.39, 0.29) is 17.9 Å². The number of ether oxygens (including phenoxy) is 1. The number of Topliss-reactive ketones (excluding diaryl/α,β-unsaturated/α-hetero) is 1. The zero-order chi connectivity index (χ0) is 18.2. The van der Waals surface area contributed by atoms with Crippen LogP contribution in [0.2, 0.25) is 0 Å². The molecule has 0 saturated heterocycles. The van der Waals surface area contributed by atoms with Crippen LogP contribution in [-0.4, -0.2) is 19.4 Å². The van der Waals surface area contributed by atoms with Gasteiger partial charge in [0.15, 0.2) is 5.78 Å². The molecule has 0 amide bonds. The summed E-state index contributed by atoms with van der Waals surface area (Å²) in [6.45, 7) is -0.129. The topological polar surface area (TPSA) is 55.6 Å². The average Bonchev–Trinajstić information content (AvgIpc) is 2.70. The molecule has 2 aromatic carbocycles. The molecule has 0 bridgehead atoms. The van der Waals surface area contributed by atoms with Crippen molar-refractivity contribution in [3.63, 3.8) is 0 Å². The second-order valence-corrected chi connectivity index (χ2v) is 5.61. The van der Waals surface area contributed by atoms with Crippen LogP contribution in [0.3, 0.4) is 0 Å². The van der Waals surface area contributed by atoms with Gasteiger partial charge in [-0.1, -0.05) is 12.1 Å². The molecular formula is C18H15F3N2O2. The molecule has 1 aliphatic rings. The van der Waals surface area contributed by atoms with E-state index in [2.05, 4.69) is 0 Å². The van der Waals surface area contributed by atoms with Gasteiger partial charge >= 0.3 is 6.18 Å². The summed E-state index contributed by atoms with van der Waals surface area (Å²) in [6, 6.07) is 9.96. The monoisotopic (exact) mass is 348 g/mol. The van der Waals surface area contributed by atoms with Gasteiger partial charge in [-0.3, -0.25) is 4.79 Å². The Morgan fingerprint density at radius 2 is 1.80 bits per heavy atom. The maximum Gasteiger partial charge on any atom is 0.416 e. The lowest BCUT2D eigenvalue weighted by molar-refractivity contribution is -0.137. The molecule has 0 aromatic heterocycles. The molecule has 0 unspecified atom stereocenters. The lowest BCUT2D eigenvalue weighted by Crippen LogP contribution is -2.35. The number of carbonyl (C=O) groups is 1. The molecule has 25 heavy (non-hydrogen) atoms. The molecule has 0 saturated carbocycles. The number of hydrogen-bond donors (Lipinski definition) is 1. The van der Waals surface area contributed by atoms with Crippen LogP contribution in [0.5, 0.6) is 5.75 Å². The van der Waals surface area contributed by atoms with Crippen LogP contribution >= 0.6 is 0 Å². The first kappa shape index (κ1) is 17.0. The molecule has 0 atom stereocenters. The number of anilines is 1. The Hall–Kier alpha value is -2.80. The number of alkyl halides is 3. The van der Waals surface area contributed by atoms with E-state index in [0.717, 1.165) is 17.1 Å². The largest absolute Gasteiger partial charge is 0.497 e. The lowest BCUT2D eigenvalue weighted by Gasteiger charge is -2.19. The minimum absolute atomic E-state index is 0.129. The van der Waals surface area contributed by atoms with Gasteiger partial charge < -0.3 is 9.75 Å². The Balaban J connectivity index is 2.12. The summed E-state index contributed by atoms with van der Waals surface area (Å²) in [7, 11) is 1.52. The minimum atomic E-state index is -4.47. The van der Waals surface area contributed by atoms with E-state index in [4.69, 9.17) is 10.6 Å². The van der Waals surface area contributed by atoms with Crippen molar-refractivity contribution in [2.45, 2.75) is 6.18 Å². The quantitative estimate of drug-likeness (QED) is 0.844. The summed E-state index contributed by atoms with van der Waals surface area (Å²) in [4.78, 5) is 12.5. The van der Waals surface area contributed by atoms with Crippen molar-refractivity contribution >= 4 is 23.1 Å². The van der Waals surface area contributed by atoms with Crippen molar-refractivity contribution in [2.24, 2.45) is 5.84 Å². The molecule has 3 rings (SSSR count). The van der Waals surface area contributed by atoms with Gasteiger partial charge in [0.1, 0.15) is 5.75 Å². The van der Waals surface area contributed by atoms with Crippen molar-refractivity contribution in [3.8, 4) is 5.75 Å². The molecule has 0 fully saturated rings. The molecule has 2 N–H and O–H groups in total. The lowest BCUT2D eigenvalue weighted by atomic mass is 9.99. The molecular weight excluding hydrogens is 333 g/mol. The fourth-order valence-corrected chi connectivity index (χ4v) is 2.68. The van der Waals surface area contributed by atoms with Crippen LogP contribution in [0.4, 0.5) is 18.9 Å². The molecule has 4 nitrogen and oxygen atoms in total. The van der Waals surface area contributed by atoms with Crippen LogP contribution in [-0.2, 0) is 11.0 Å². The highest BCUT2D eigenvalue weighted by atomic mass is 19.4. The third-order valence-corrected chi connectivity index (χ3v) is 3.98. The molecule has 0 aliphatic carbocycles. The number of hydrogen-bond acceptors (Lipinski definition) is 4. The van der Waals surface area contributed by atoms with Gasteiger partial charge in [-0.05, 0) is 42.0 Å². The summed E-state index contributed by atoms with van der Waals surface area (Å²) in [6.07, 6.45) is -3.03. The maximum absolute atomic E-state index is 13.0. The number of nitrogens with zero attached hydrogens (tertiary/aromatic N) is 1. The van der Waals surface area contributed by atoms with Gasteiger partial charge in [0, 0.05) is 11.1 Å². The first-order chi connectivity index (χ1) is 11.8. The van der Waals surface area contributed by atoms with E-state index in [1.165, 1.54) is 19.3 Å². The van der Waals surface area contributed by atoms with Gasteiger partial charge in [0.05, 0.1) is 24.9 Å². The fraction of sp³-hybridized carbons (Fsp3) is 0.167. The van der Waals surface area contributed by atoms with E-state index in [0.29, 0.717) is 22.6 Å². The predicted octanol–water partition coefficient (Wildman–Crippen LogP) is 3.52. The number of methoxy groups -OCH3 is 1. The second-order valence-electron chi connectivity index (χ2n) is 5.61. The van der Waals surface area contributed by atoms with E-state index >= 15 is 0 Å². The number of nitrogens with two attached hydrogens (primary N) is 1. The van der Waals surface area contributed by atoms with Gasteiger partial charge in [-0.25, -0.2) is 5.84 Å². The molecule has 1 aliphatic heterocycles. The first-order valence-electron chi connectivity index (χ1n) is 7.42. The van der Waals surface area contributed by atoms with Crippen LogP contribution in [0.15, 0.2) is 42.5 Å². The zero-order valence-electron chi connectivity index (χ0n) is 13.3. The Morgan fingerprint density at radius 1 is 1.12 bits per heavy atom. The fourth-order valence-electron chi connectivity index (χ4n) is 2.68. The van der Waals surface area contributed by atoms with E-state index in [9.17, 15) is 18.0 Å². The van der Waals surface area contributed by atoms with Crippen molar-refractivity contribution < 1.29 is 22.7 Å². The number of halogens is 3. The van der Waals surface area contributed by atoms with Crippen LogP contribution in [0.1, 0.15) is 16.7 Å². The normalized spacial score (nSPS) is 14.7. The highest BCUT2D eigenvalue weighted by Gasteiger charge is 2.32. The Morgan fingerprint density at radius 3 is 2.40 bits per heavy atom. The van der Waals surface area contributed by atoms with Crippen LogP contribution < -0.4 is 15.6 Å². The zero-order valence-corrected chi connectivity index (χ0v) is 13.3. The predicted molar refractivity (Wildman–Crippen MR) is 88.8 cm³/mol. The molecule has 0 spiro atoms. The van der Waals surface area contributed by atoms with Crippen molar-refractivity contribution in [1.82, 2.24) is 0 Å². The molecule has 7 heteroatoms. The Labute approximate surface area is 142 Å². The van der Waals surface area contributed by atoms with Gasteiger partial charge in [-0.15, -0.1) is 0 Å². The third kappa shape index (κ3) is 3.36. The van der Waals surface area contributed by atoms with Crippen LogP contribution in [0.25, 0.3) is 11.6 Å². The average molecular weight is 348 g/mol. The van der Waals surface area contributed by atoms with Crippen LogP contribution in [0, 0.1) is 0 Å². The summed E-state index contributed by atoms with van der Waals surface area (Å²) in [5.41, 5.74) is 0.707. The second kappa shape index (κ2) is 6.25. The number of carbonyl (C=O) groups excluding carboxylic acids is 1. The van der Waals surface area contributed by atoms with E-state index in [1.807, 2.05) is 0 Å². The number of benzene rings is 2. The number of rotatable bonds is 2. The van der Waals surface area contributed by atoms with Gasteiger partial charge in [0.25, 0.3) is 0 Å². The summed E-state index contributed by atoms with van der Waals surface area (Å²) >= 11 is 0. The Kier molecular flexibility index (Phi) is 4.26. The maximum atomic E-state index is 13.0. The third-order valence-electron chi connectivity index (χ3n) is 3.98. The van der Waals surface area contributed by atoms with Crippen molar-refractivity contribution in [2.75, 3.05) is 18.7 Å². The SMILES string of the molecule is COc1ccc(C2=Cc3cc(C(F)(F)F)ccc3N(N)CC2=O)cc1. The number of hydrazine groups is 1. The number of ketones is 1. The minimum Gasteiger partial charge on any atom is -0.497 e.